The van der Waals surface area contributed by atoms with Crippen LogP contribution in [0.25, 0.3) is 11.5 Å². The Balaban J connectivity index is 1.66. The maximum absolute atomic E-state index is 13.3. The quantitative estimate of drug-likeness (QED) is 0.490. The van der Waals surface area contributed by atoms with Gasteiger partial charge in [0, 0.05) is 30.7 Å². The monoisotopic (exact) mass is 525 g/mol. The summed E-state index contributed by atoms with van der Waals surface area (Å²) in [6.07, 6.45) is 0. The molecule has 7 nitrogen and oxygen atoms in total. The number of morpholine rings is 1. The Kier molecular flexibility index (Phi) is 6.98. The predicted octanol–water partition coefficient (Wildman–Crippen LogP) is 4.33. The Morgan fingerprint density at radius 2 is 1.81 bits per heavy atom. The number of benzene rings is 2. The highest BCUT2D eigenvalue weighted by molar-refractivity contribution is 9.10. The fraction of sp³-hybridized carbons (Fsp3) is 0.286. The molecular weight excluding hydrogens is 506 g/mol. The molecule has 31 heavy (non-hydrogen) atoms. The van der Waals surface area contributed by atoms with Crippen LogP contribution in [0.5, 0.6) is 0 Å². The first kappa shape index (κ1) is 22.3. The molecule has 0 amide bonds. The zero-order valence-corrected chi connectivity index (χ0v) is 19.7. The van der Waals surface area contributed by atoms with Crippen molar-refractivity contribution in [2.24, 2.45) is 0 Å². The summed E-state index contributed by atoms with van der Waals surface area (Å²) in [5.74, 6) is 0.251. The average Bonchev–Trinajstić information content (AvgIpc) is 3.20. The van der Waals surface area contributed by atoms with Gasteiger partial charge in [-0.05, 0) is 36.4 Å². The van der Waals surface area contributed by atoms with Gasteiger partial charge in [0.2, 0.25) is 26.6 Å². The second-order valence-corrected chi connectivity index (χ2v) is 10.2. The smallest absolute Gasteiger partial charge is 0.233 e. The van der Waals surface area contributed by atoms with Crippen molar-refractivity contribution in [2.75, 3.05) is 44.7 Å². The molecule has 1 aliphatic rings. The van der Waals surface area contributed by atoms with E-state index in [0.29, 0.717) is 30.3 Å². The molecule has 0 spiro atoms. The predicted molar refractivity (Wildman–Crippen MR) is 122 cm³/mol. The van der Waals surface area contributed by atoms with E-state index in [4.69, 9.17) is 20.8 Å². The number of aromatic nitrogens is 1. The van der Waals surface area contributed by atoms with Crippen molar-refractivity contribution in [3.63, 3.8) is 0 Å². The lowest BCUT2D eigenvalue weighted by Gasteiger charge is -2.26. The van der Waals surface area contributed by atoms with Crippen LogP contribution in [-0.2, 0) is 14.6 Å². The highest BCUT2D eigenvalue weighted by atomic mass is 79.9. The Morgan fingerprint density at radius 3 is 2.52 bits per heavy atom. The van der Waals surface area contributed by atoms with Gasteiger partial charge in [0.15, 0.2) is 0 Å². The van der Waals surface area contributed by atoms with Crippen LogP contribution in [-0.4, -0.2) is 57.7 Å². The summed E-state index contributed by atoms with van der Waals surface area (Å²) in [4.78, 5) is 6.70. The van der Waals surface area contributed by atoms with Gasteiger partial charge in [0.25, 0.3) is 0 Å². The van der Waals surface area contributed by atoms with E-state index in [1.165, 1.54) is 12.1 Å². The number of hydrogen-bond donors (Lipinski definition) is 1. The second kappa shape index (κ2) is 9.70. The molecule has 1 aliphatic heterocycles. The van der Waals surface area contributed by atoms with Gasteiger partial charge in [-0.25, -0.2) is 8.42 Å². The fourth-order valence-electron chi connectivity index (χ4n) is 3.23. The first-order valence-corrected chi connectivity index (χ1v) is 12.4. The molecule has 0 saturated carbocycles. The summed E-state index contributed by atoms with van der Waals surface area (Å²) in [5, 5.41) is 3.38. The van der Waals surface area contributed by atoms with E-state index in [1.807, 2.05) is 0 Å². The molecule has 3 aromatic rings. The zero-order chi connectivity index (χ0) is 21.8. The van der Waals surface area contributed by atoms with Crippen molar-refractivity contribution >= 4 is 43.3 Å². The summed E-state index contributed by atoms with van der Waals surface area (Å²) in [6, 6.07) is 13.4. The van der Waals surface area contributed by atoms with Gasteiger partial charge in [-0.1, -0.05) is 39.7 Å². The molecule has 0 aliphatic carbocycles. The van der Waals surface area contributed by atoms with Crippen LogP contribution in [0.15, 0.2) is 67.3 Å². The molecular formula is C21H21BrClN3O4S. The summed E-state index contributed by atoms with van der Waals surface area (Å²) in [6.45, 7) is 4.30. The molecule has 0 radical (unpaired) electrons. The molecule has 1 fully saturated rings. The highest BCUT2D eigenvalue weighted by Gasteiger charge is 2.29. The summed E-state index contributed by atoms with van der Waals surface area (Å²) < 4.78 is 38.7. The van der Waals surface area contributed by atoms with Crippen molar-refractivity contribution in [3.8, 4) is 11.5 Å². The van der Waals surface area contributed by atoms with Gasteiger partial charge in [-0.15, -0.1) is 0 Å². The third-order valence-electron chi connectivity index (χ3n) is 4.90. The van der Waals surface area contributed by atoms with E-state index in [1.54, 1.807) is 36.4 Å². The van der Waals surface area contributed by atoms with Crippen LogP contribution >= 0.6 is 27.5 Å². The minimum Gasteiger partial charge on any atom is -0.419 e. The number of sulfone groups is 1. The Bertz CT molecular complexity index is 1150. The molecule has 4 rings (SSSR count). The molecule has 1 saturated heterocycles. The van der Waals surface area contributed by atoms with Gasteiger partial charge in [0.1, 0.15) is 0 Å². The molecule has 0 unspecified atom stereocenters. The number of oxazole rings is 1. The second-order valence-electron chi connectivity index (χ2n) is 6.97. The van der Waals surface area contributed by atoms with E-state index in [0.717, 1.165) is 24.1 Å². The van der Waals surface area contributed by atoms with Crippen molar-refractivity contribution in [2.45, 2.75) is 9.92 Å². The lowest BCUT2D eigenvalue weighted by Crippen LogP contribution is -2.39. The SMILES string of the molecule is O=S(=O)(c1ccc(Br)cc1)c1nc(-c2ccccc2Cl)oc1NCCN1CCOCC1. The number of anilines is 1. The maximum atomic E-state index is 13.3. The van der Waals surface area contributed by atoms with Crippen LogP contribution in [0.3, 0.4) is 0 Å². The third-order valence-corrected chi connectivity index (χ3v) is 7.43. The summed E-state index contributed by atoms with van der Waals surface area (Å²) in [5.41, 5.74) is 0.526. The number of ether oxygens (including phenoxy) is 1. The first-order valence-electron chi connectivity index (χ1n) is 9.75. The van der Waals surface area contributed by atoms with E-state index < -0.39 is 9.84 Å². The van der Waals surface area contributed by atoms with Crippen molar-refractivity contribution in [3.05, 3.63) is 58.0 Å². The van der Waals surface area contributed by atoms with Crippen molar-refractivity contribution < 1.29 is 17.6 Å². The lowest BCUT2D eigenvalue weighted by atomic mass is 10.2. The molecule has 1 aromatic heterocycles. The molecule has 2 aromatic carbocycles. The number of hydrogen-bond acceptors (Lipinski definition) is 7. The minimum absolute atomic E-state index is 0.103. The van der Waals surface area contributed by atoms with Crippen LogP contribution in [0.1, 0.15) is 0 Å². The molecule has 0 bridgehead atoms. The molecule has 164 valence electrons. The lowest BCUT2D eigenvalue weighted by molar-refractivity contribution is 0.0398. The zero-order valence-electron chi connectivity index (χ0n) is 16.6. The van der Waals surface area contributed by atoms with E-state index in [2.05, 4.69) is 31.1 Å². The Hall–Kier alpha value is -1.91. The normalized spacial score (nSPS) is 15.2. The highest BCUT2D eigenvalue weighted by Crippen LogP contribution is 2.35. The van der Waals surface area contributed by atoms with Crippen LogP contribution in [0.4, 0.5) is 5.88 Å². The van der Waals surface area contributed by atoms with Crippen molar-refractivity contribution in [1.82, 2.24) is 9.88 Å². The van der Waals surface area contributed by atoms with E-state index in [9.17, 15) is 8.42 Å². The van der Waals surface area contributed by atoms with Crippen LogP contribution in [0.2, 0.25) is 5.02 Å². The molecule has 10 heteroatoms. The maximum Gasteiger partial charge on any atom is 0.233 e. The molecule has 0 atom stereocenters. The number of nitrogens with one attached hydrogen (secondary N) is 1. The van der Waals surface area contributed by atoms with Gasteiger partial charge in [-0.2, -0.15) is 4.98 Å². The first-order chi connectivity index (χ1) is 14.9. The summed E-state index contributed by atoms with van der Waals surface area (Å²) >= 11 is 9.61. The number of halogens is 2. The average molecular weight is 527 g/mol. The third kappa shape index (κ3) is 5.12. The van der Waals surface area contributed by atoms with Gasteiger partial charge in [0.05, 0.1) is 28.7 Å². The van der Waals surface area contributed by atoms with Crippen molar-refractivity contribution in [1.29, 1.82) is 0 Å². The van der Waals surface area contributed by atoms with Crippen LogP contribution in [0, 0.1) is 0 Å². The van der Waals surface area contributed by atoms with Crippen LogP contribution < -0.4 is 5.32 Å². The van der Waals surface area contributed by atoms with Gasteiger partial charge in [-0.3, -0.25) is 4.90 Å². The topological polar surface area (TPSA) is 84.7 Å². The number of nitrogens with zero attached hydrogens (tertiary/aromatic N) is 2. The minimum atomic E-state index is -3.91. The standard InChI is InChI=1S/C21H21BrClN3O4S/c22-15-5-7-16(8-6-15)31(27,28)21-20(24-9-10-26-11-13-29-14-12-26)30-19(25-21)17-3-1-2-4-18(17)23/h1-8,24H,9-14H2. The molecule has 2 heterocycles. The van der Waals surface area contributed by atoms with E-state index in [-0.39, 0.29) is 21.7 Å². The van der Waals surface area contributed by atoms with E-state index >= 15 is 0 Å². The fourth-order valence-corrected chi connectivity index (χ4v) is 4.99. The Morgan fingerprint density at radius 1 is 1.10 bits per heavy atom. The molecule has 1 N–H and O–H groups in total. The summed E-state index contributed by atoms with van der Waals surface area (Å²) in [7, 11) is -3.91. The van der Waals surface area contributed by atoms with Gasteiger partial charge < -0.3 is 14.5 Å². The largest absolute Gasteiger partial charge is 0.419 e. The van der Waals surface area contributed by atoms with Gasteiger partial charge >= 0.3 is 0 Å². The number of rotatable bonds is 7. The Labute approximate surface area is 194 Å².